The maximum Gasteiger partial charge on any atom is 0.163 e. The van der Waals surface area contributed by atoms with Crippen molar-refractivity contribution in [3.63, 3.8) is 0 Å². The monoisotopic (exact) mass is 330 g/mol. The van der Waals surface area contributed by atoms with Crippen molar-refractivity contribution < 1.29 is 0 Å². The van der Waals surface area contributed by atoms with E-state index in [4.69, 9.17) is 10.8 Å². The van der Waals surface area contributed by atoms with E-state index in [-0.39, 0.29) is 0 Å². The highest BCUT2D eigenvalue weighted by Crippen LogP contribution is 2.30. The van der Waals surface area contributed by atoms with Crippen LogP contribution < -0.4 is 10.6 Å². The van der Waals surface area contributed by atoms with Crippen molar-refractivity contribution in [3.05, 3.63) is 12.0 Å². The van der Waals surface area contributed by atoms with Gasteiger partial charge >= 0.3 is 0 Å². The molecule has 6 nitrogen and oxygen atoms in total. The van der Waals surface area contributed by atoms with Crippen molar-refractivity contribution >= 4 is 16.9 Å². The largest absolute Gasteiger partial charge is 0.356 e. The number of aromatic nitrogens is 4. The number of fused-ring (bicyclic) bond motifs is 1. The van der Waals surface area contributed by atoms with Gasteiger partial charge in [-0.2, -0.15) is 5.10 Å². The highest BCUT2D eigenvalue weighted by molar-refractivity contribution is 5.90. The average molecular weight is 330 g/mol. The fourth-order valence-electron chi connectivity index (χ4n) is 3.41. The van der Waals surface area contributed by atoms with Crippen LogP contribution in [0.1, 0.15) is 52.1 Å². The molecule has 0 spiro atoms. The van der Waals surface area contributed by atoms with E-state index in [9.17, 15) is 0 Å². The summed E-state index contributed by atoms with van der Waals surface area (Å²) < 4.78 is 2.08. The standard InChI is InChI=1S/C18H30N6/c1-4-5-8-24-18-16(15(22-24)11-13(2)3)17(20-12-21-18)23-9-6-14(19)7-10-23/h12-14H,4-11,19H2,1-3H3. The lowest BCUT2D eigenvalue weighted by Crippen LogP contribution is -2.40. The molecule has 1 aliphatic rings. The number of anilines is 1. The van der Waals surface area contributed by atoms with Crippen molar-refractivity contribution in [2.45, 2.75) is 65.5 Å². The minimum atomic E-state index is 0.320. The predicted molar refractivity (Wildman–Crippen MR) is 98.2 cm³/mol. The number of hydrogen-bond acceptors (Lipinski definition) is 5. The Kier molecular flexibility index (Phi) is 5.33. The van der Waals surface area contributed by atoms with Crippen molar-refractivity contribution in [1.82, 2.24) is 19.7 Å². The van der Waals surface area contributed by atoms with E-state index in [2.05, 4.69) is 40.3 Å². The molecule has 0 unspecified atom stereocenters. The molecule has 0 bridgehead atoms. The van der Waals surface area contributed by atoms with E-state index in [1.807, 2.05) is 0 Å². The van der Waals surface area contributed by atoms with E-state index in [1.165, 1.54) is 0 Å². The van der Waals surface area contributed by atoms with Crippen LogP contribution in [0.25, 0.3) is 11.0 Å². The normalized spacial score (nSPS) is 16.5. The first-order valence-electron chi connectivity index (χ1n) is 9.31. The summed E-state index contributed by atoms with van der Waals surface area (Å²) in [6, 6.07) is 0.320. The summed E-state index contributed by atoms with van der Waals surface area (Å²) in [6.07, 6.45) is 6.97. The van der Waals surface area contributed by atoms with Crippen molar-refractivity contribution in [3.8, 4) is 0 Å². The zero-order valence-electron chi connectivity index (χ0n) is 15.2. The molecular weight excluding hydrogens is 300 g/mol. The molecule has 3 heterocycles. The number of nitrogens with two attached hydrogens (primary N) is 1. The van der Waals surface area contributed by atoms with Gasteiger partial charge in [0, 0.05) is 25.7 Å². The number of piperidine rings is 1. The molecule has 0 atom stereocenters. The van der Waals surface area contributed by atoms with E-state index < -0.39 is 0 Å². The highest BCUT2D eigenvalue weighted by Gasteiger charge is 2.23. The summed E-state index contributed by atoms with van der Waals surface area (Å²) in [7, 11) is 0. The zero-order chi connectivity index (χ0) is 17.1. The lowest BCUT2D eigenvalue weighted by Gasteiger charge is -2.31. The third-order valence-electron chi connectivity index (χ3n) is 4.75. The molecule has 2 aromatic rings. The van der Waals surface area contributed by atoms with Crippen LogP contribution in [0.5, 0.6) is 0 Å². The Morgan fingerprint density at radius 1 is 1.25 bits per heavy atom. The van der Waals surface area contributed by atoms with Gasteiger partial charge in [-0.15, -0.1) is 0 Å². The quantitative estimate of drug-likeness (QED) is 0.881. The predicted octanol–water partition coefficient (Wildman–Crippen LogP) is 2.75. The van der Waals surface area contributed by atoms with E-state index in [0.717, 1.165) is 74.3 Å². The molecule has 0 aliphatic carbocycles. The first kappa shape index (κ1) is 17.1. The molecule has 2 aromatic heterocycles. The SMILES string of the molecule is CCCCn1nc(CC(C)C)c2c(N3CCC(N)CC3)ncnc21. The van der Waals surface area contributed by atoms with Gasteiger partial charge in [-0.25, -0.2) is 14.6 Å². The fraction of sp³-hybridized carbons (Fsp3) is 0.722. The van der Waals surface area contributed by atoms with Crippen molar-refractivity contribution in [2.75, 3.05) is 18.0 Å². The maximum atomic E-state index is 6.07. The van der Waals surface area contributed by atoms with Gasteiger partial charge in [0.15, 0.2) is 5.65 Å². The van der Waals surface area contributed by atoms with Gasteiger partial charge in [0.25, 0.3) is 0 Å². The van der Waals surface area contributed by atoms with Gasteiger partial charge in [-0.3, -0.25) is 0 Å². The minimum absolute atomic E-state index is 0.320. The van der Waals surface area contributed by atoms with Crippen LogP contribution in [0.2, 0.25) is 0 Å². The molecule has 2 N–H and O–H groups in total. The van der Waals surface area contributed by atoms with Crippen LogP contribution in [0.4, 0.5) is 5.82 Å². The van der Waals surface area contributed by atoms with Crippen LogP contribution in [0.3, 0.4) is 0 Å². The van der Waals surface area contributed by atoms with E-state index in [1.54, 1.807) is 6.33 Å². The molecule has 132 valence electrons. The summed E-state index contributed by atoms with van der Waals surface area (Å²) in [4.78, 5) is 11.6. The molecule has 6 heteroatoms. The summed E-state index contributed by atoms with van der Waals surface area (Å²) in [5, 5.41) is 6.05. The average Bonchev–Trinajstić information content (AvgIpc) is 2.91. The van der Waals surface area contributed by atoms with Crippen LogP contribution in [0, 0.1) is 5.92 Å². The van der Waals surface area contributed by atoms with Crippen LogP contribution in [-0.4, -0.2) is 38.9 Å². The molecule has 24 heavy (non-hydrogen) atoms. The molecule has 0 radical (unpaired) electrons. The van der Waals surface area contributed by atoms with Gasteiger partial charge in [-0.1, -0.05) is 27.2 Å². The Hall–Kier alpha value is -1.69. The first-order valence-corrected chi connectivity index (χ1v) is 9.31. The van der Waals surface area contributed by atoms with Crippen molar-refractivity contribution in [2.24, 2.45) is 11.7 Å². The molecule has 1 saturated heterocycles. The van der Waals surface area contributed by atoms with Gasteiger partial charge in [0.2, 0.25) is 0 Å². The summed E-state index contributed by atoms with van der Waals surface area (Å²) in [6.45, 7) is 9.54. The van der Waals surface area contributed by atoms with Crippen molar-refractivity contribution in [1.29, 1.82) is 0 Å². The van der Waals surface area contributed by atoms with Gasteiger partial charge in [0.1, 0.15) is 12.1 Å². The molecule has 0 aromatic carbocycles. The Bertz CT molecular complexity index is 669. The molecule has 3 rings (SSSR count). The number of hydrogen-bond donors (Lipinski definition) is 1. The summed E-state index contributed by atoms with van der Waals surface area (Å²) >= 11 is 0. The van der Waals surface area contributed by atoms with Gasteiger partial charge in [-0.05, 0) is 31.6 Å². The number of rotatable bonds is 6. The third kappa shape index (κ3) is 3.53. The first-order chi connectivity index (χ1) is 11.6. The second-order valence-corrected chi connectivity index (χ2v) is 7.34. The third-order valence-corrected chi connectivity index (χ3v) is 4.75. The molecule has 1 aliphatic heterocycles. The summed E-state index contributed by atoms with van der Waals surface area (Å²) in [5.74, 6) is 1.61. The number of unbranched alkanes of at least 4 members (excludes halogenated alkanes) is 1. The Morgan fingerprint density at radius 2 is 2.00 bits per heavy atom. The molecule has 1 fully saturated rings. The second-order valence-electron chi connectivity index (χ2n) is 7.34. The van der Waals surface area contributed by atoms with Gasteiger partial charge in [0.05, 0.1) is 11.1 Å². The zero-order valence-corrected chi connectivity index (χ0v) is 15.2. The van der Waals surface area contributed by atoms with Gasteiger partial charge < -0.3 is 10.6 Å². The molecule has 0 amide bonds. The lowest BCUT2D eigenvalue weighted by atomic mass is 10.0. The van der Waals surface area contributed by atoms with E-state index >= 15 is 0 Å². The maximum absolute atomic E-state index is 6.07. The minimum Gasteiger partial charge on any atom is -0.356 e. The Balaban J connectivity index is 2.03. The number of aryl methyl sites for hydroxylation is 1. The fourth-order valence-corrected chi connectivity index (χ4v) is 3.41. The highest BCUT2D eigenvalue weighted by atomic mass is 15.3. The topological polar surface area (TPSA) is 72.9 Å². The Morgan fingerprint density at radius 3 is 2.67 bits per heavy atom. The Labute approximate surface area is 144 Å². The van der Waals surface area contributed by atoms with Crippen LogP contribution >= 0.6 is 0 Å². The summed E-state index contributed by atoms with van der Waals surface area (Å²) in [5.41, 5.74) is 8.19. The molecular formula is C18H30N6. The second kappa shape index (κ2) is 7.47. The smallest absolute Gasteiger partial charge is 0.163 e. The lowest BCUT2D eigenvalue weighted by molar-refractivity contribution is 0.499. The number of nitrogens with zero attached hydrogens (tertiary/aromatic N) is 5. The van der Waals surface area contributed by atoms with Crippen LogP contribution in [0.15, 0.2) is 6.33 Å². The molecule has 0 saturated carbocycles. The van der Waals surface area contributed by atoms with E-state index in [0.29, 0.717) is 12.0 Å². The van der Waals surface area contributed by atoms with Crippen LogP contribution in [-0.2, 0) is 13.0 Å².